The van der Waals surface area contributed by atoms with E-state index in [0.717, 1.165) is 38.2 Å². The van der Waals surface area contributed by atoms with Gasteiger partial charge in [-0.2, -0.15) is 0 Å². The van der Waals surface area contributed by atoms with E-state index in [2.05, 4.69) is 32.0 Å². The zero-order chi connectivity index (χ0) is 21.8. The molecule has 3 rings (SSSR count). The van der Waals surface area contributed by atoms with Crippen molar-refractivity contribution < 1.29 is 23.6 Å². The molecule has 2 aliphatic carbocycles. The van der Waals surface area contributed by atoms with Crippen molar-refractivity contribution >= 4 is 7.82 Å². The molecule has 1 aromatic rings. The van der Waals surface area contributed by atoms with Gasteiger partial charge in [-0.3, -0.25) is 4.52 Å². The third kappa shape index (κ3) is 7.15. The first-order valence-corrected chi connectivity index (χ1v) is 12.9. The van der Waals surface area contributed by atoms with E-state index in [9.17, 15) is 4.57 Å². The molecule has 0 saturated heterocycles. The van der Waals surface area contributed by atoms with E-state index >= 15 is 0 Å². The normalized spacial score (nSPS) is 26.9. The van der Waals surface area contributed by atoms with Gasteiger partial charge < -0.3 is 20.3 Å². The summed E-state index contributed by atoms with van der Waals surface area (Å²) in [6.07, 6.45) is 9.90. The quantitative estimate of drug-likeness (QED) is 0.367. The molecule has 2 aliphatic rings. The van der Waals surface area contributed by atoms with Crippen LogP contribution in [0, 0.1) is 5.92 Å². The molecule has 1 aromatic carbocycles. The average molecular weight is 440 g/mol. The van der Waals surface area contributed by atoms with Crippen molar-refractivity contribution in [3.63, 3.8) is 0 Å². The maximum atomic E-state index is 11.0. The molecule has 0 bridgehead atoms. The zero-order valence-electron chi connectivity index (χ0n) is 18.4. The number of hydrogen-bond donors (Lipinski definition) is 3. The summed E-state index contributed by atoms with van der Waals surface area (Å²) >= 11 is 0. The van der Waals surface area contributed by atoms with Crippen molar-refractivity contribution in [2.45, 2.75) is 89.2 Å². The predicted molar refractivity (Wildman–Crippen MR) is 118 cm³/mol. The lowest BCUT2D eigenvalue weighted by molar-refractivity contribution is 0.0750. The molecule has 0 spiro atoms. The summed E-state index contributed by atoms with van der Waals surface area (Å²) in [6.45, 7) is 4.94. The highest BCUT2D eigenvalue weighted by Gasteiger charge is 2.38. The van der Waals surface area contributed by atoms with E-state index < -0.39 is 13.4 Å². The highest BCUT2D eigenvalue weighted by atomic mass is 31.2. The van der Waals surface area contributed by atoms with Crippen LogP contribution in [0.25, 0.3) is 0 Å². The minimum atomic E-state index is -4.48. The van der Waals surface area contributed by atoms with Gasteiger partial charge in [0.25, 0.3) is 0 Å². The van der Waals surface area contributed by atoms with E-state index in [0.29, 0.717) is 18.4 Å². The van der Waals surface area contributed by atoms with Gasteiger partial charge in [-0.05, 0) is 87.3 Å². The second kappa shape index (κ2) is 10.2. The lowest BCUT2D eigenvalue weighted by atomic mass is 9.80. The van der Waals surface area contributed by atoms with Gasteiger partial charge in [-0.1, -0.05) is 31.0 Å². The number of phosphoric acid groups is 1. The Morgan fingerprint density at radius 1 is 1.23 bits per heavy atom. The van der Waals surface area contributed by atoms with Crippen LogP contribution >= 0.6 is 7.82 Å². The molecule has 7 heteroatoms. The third-order valence-electron chi connectivity index (χ3n) is 6.65. The van der Waals surface area contributed by atoms with E-state index in [1.165, 1.54) is 42.4 Å². The molecule has 0 amide bonds. The van der Waals surface area contributed by atoms with E-state index in [1.54, 1.807) is 0 Å². The summed E-state index contributed by atoms with van der Waals surface area (Å²) in [5.74, 6) is 1.11. The topological polar surface area (TPSA) is 102 Å². The van der Waals surface area contributed by atoms with Crippen LogP contribution in [0.15, 0.2) is 18.2 Å². The van der Waals surface area contributed by atoms with Crippen LogP contribution in [-0.4, -0.2) is 34.6 Å². The second-order valence-corrected chi connectivity index (χ2v) is 10.9. The fourth-order valence-corrected chi connectivity index (χ4v) is 5.41. The SMILES string of the molecule is CC(C)OCCCC[C@H]1CCc2cc([C@H]3CC[C@](N)(COP(=O)(O)O)C3)ccc2C1. The molecule has 1 fully saturated rings. The number of nitrogens with two attached hydrogens (primary N) is 1. The minimum Gasteiger partial charge on any atom is -0.379 e. The number of hydrogen-bond acceptors (Lipinski definition) is 4. The Morgan fingerprint density at radius 3 is 2.77 bits per heavy atom. The summed E-state index contributed by atoms with van der Waals surface area (Å²) < 4.78 is 21.3. The molecule has 3 atom stereocenters. The van der Waals surface area contributed by atoms with Crippen molar-refractivity contribution in [3.05, 3.63) is 34.9 Å². The molecule has 0 radical (unpaired) electrons. The van der Waals surface area contributed by atoms with Crippen LogP contribution in [0.3, 0.4) is 0 Å². The molecule has 4 N–H and O–H groups in total. The van der Waals surface area contributed by atoms with Crippen molar-refractivity contribution in [2.75, 3.05) is 13.2 Å². The van der Waals surface area contributed by atoms with Gasteiger partial charge in [0.2, 0.25) is 0 Å². The number of ether oxygens (including phenoxy) is 1. The van der Waals surface area contributed by atoms with Gasteiger partial charge in [-0.15, -0.1) is 0 Å². The first-order valence-electron chi connectivity index (χ1n) is 11.4. The van der Waals surface area contributed by atoms with Crippen LogP contribution in [0.2, 0.25) is 0 Å². The lowest BCUT2D eigenvalue weighted by Gasteiger charge is -2.27. The van der Waals surface area contributed by atoms with E-state index in [1.807, 2.05) is 0 Å². The number of rotatable bonds is 10. The molecule has 0 aliphatic heterocycles. The largest absolute Gasteiger partial charge is 0.469 e. The van der Waals surface area contributed by atoms with Gasteiger partial charge in [0.1, 0.15) is 0 Å². The maximum absolute atomic E-state index is 11.0. The molecule has 1 saturated carbocycles. The molecule has 6 nitrogen and oxygen atoms in total. The molecular weight excluding hydrogens is 401 g/mol. The third-order valence-corrected chi connectivity index (χ3v) is 7.12. The van der Waals surface area contributed by atoms with Gasteiger partial charge in [0, 0.05) is 12.1 Å². The fourth-order valence-electron chi connectivity index (χ4n) is 4.99. The summed E-state index contributed by atoms with van der Waals surface area (Å²) in [4.78, 5) is 17.9. The predicted octanol–water partition coefficient (Wildman–Crippen LogP) is 4.46. The smallest absolute Gasteiger partial charge is 0.379 e. The monoisotopic (exact) mass is 439 g/mol. The van der Waals surface area contributed by atoms with Crippen molar-refractivity contribution in [1.82, 2.24) is 0 Å². The first kappa shape index (κ1) is 23.9. The zero-order valence-corrected chi connectivity index (χ0v) is 19.3. The number of aryl methyl sites for hydroxylation is 1. The summed E-state index contributed by atoms with van der Waals surface area (Å²) in [7, 11) is -4.48. The van der Waals surface area contributed by atoms with Crippen LogP contribution in [0.1, 0.15) is 81.4 Å². The van der Waals surface area contributed by atoms with Crippen molar-refractivity contribution in [3.8, 4) is 0 Å². The fraction of sp³-hybridized carbons (Fsp3) is 0.739. The Kier molecular flexibility index (Phi) is 8.16. The van der Waals surface area contributed by atoms with Crippen LogP contribution < -0.4 is 5.73 Å². The van der Waals surface area contributed by atoms with E-state index in [4.69, 9.17) is 24.8 Å². The second-order valence-electron chi connectivity index (χ2n) is 9.62. The van der Waals surface area contributed by atoms with E-state index in [-0.39, 0.29) is 6.61 Å². The average Bonchev–Trinajstić information content (AvgIpc) is 3.08. The standard InChI is InChI=1S/C23H38NO5P/c1-17(2)28-12-4-3-5-18-6-7-20-14-21(9-8-19(20)13-18)22-10-11-23(24,15-22)16-29-30(25,26)27/h8-9,14,17-18,22H,3-7,10-13,15-16,24H2,1-2H3,(H2,25,26,27)/t18-,22-,23+/m0/s1. The van der Waals surface area contributed by atoms with Gasteiger partial charge in [0.05, 0.1) is 12.7 Å². The van der Waals surface area contributed by atoms with Crippen LogP contribution in [-0.2, 0) is 26.7 Å². The van der Waals surface area contributed by atoms with Crippen LogP contribution in [0.5, 0.6) is 0 Å². The molecule has 30 heavy (non-hydrogen) atoms. The van der Waals surface area contributed by atoms with Gasteiger partial charge in [0.15, 0.2) is 0 Å². The number of phosphoric ester groups is 1. The Hall–Kier alpha value is -0.750. The Bertz CT molecular complexity index is 749. The van der Waals surface area contributed by atoms with Crippen molar-refractivity contribution in [1.29, 1.82) is 0 Å². The summed E-state index contributed by atoms with van der Waals surface area (Å²) in [6, 6.07) is 6.88. The van der Waals surface area contributed by atoms with Gasteiger partial charge >= 0.3 is 7.82 Å². The molecule has 0 heterocycles. The summed E-state index contributed by atoms with van der Waals surface area (Å²) in [5.41, 5.74) is 9.95. The Balaban J connectivity index is 1.50. The van der Waals surface area contributed by atoms with Crippen molar-refractivity contribution in [2.24, 2.45) is 11.7 Å². The number of unbranched alkanes of at least 4 members (excludes halogenated alkanes) is 1. The maximum Gasteiger partial charge on any atom is 0.469 e. The first-order chi connectivity index (χ1) is 14.1. The minimum absolute atomic E-state index is 0.0946. The Morgan fingerprint density at radius 2 is 2.03 bits per heavy atom. The molecule has 0 aromatic heterocycles. The molecular formula is C23H38NO5P. The highest BCUT2D eigenvalue weighted by molar-refractivity contribution is 7.46. The number of benzene rings is 1. The summed E-state index contributed by atoms with van der Waals surface area (Å²) in [5, 5.41) is 0. The molecule has 170 valence electrons. The number of fused-ring (bicyclic) bond motifs is 1. The Labute approximate surface area is 180 Å². The van der Waals surface area contributed by atoms with Crippen LogP contribution in [0.4, 0.5) is 0 Å². The molecule has 0 unspecified atom stereocenters. The highest BCUT2D eigenvalue weighted by Crippen LogP contribution is 2.44. The van der Waals surface area contributed by atoms with Gasteiger partial charge in [-0.25, -0.2) is 4.57 Å². The lowest BCUT2D eigenvalue weighted by Crippen LogP contribution is -2.41.